The van der Waals surface area contributed by atoms with Crippen LogP contribution in [0.25, 0.3) is 0 Å². The number of carbonyl (C=O) groups is 1. The lowest BCUT2D eigenvalue weighted by atomic mass is 10.3. The molecule has 0 aliphatic heterocycles. The third-order valence-electron chi connectivity index (χ3n) is 1.45. The van der Waals surface area contributed by atoms with E-state index < -0.39 is 5.97 Å². The minimum absolute atomic E-state index is 0.0526. The van der Waals surface area contributed by atoms with Gasteiger partial charge in [0.2, 0.25) is 0 Å². The van der Waals surface area contributed by atoms with Crippen molar-refractivity contribution >= 4 is 17.6 Å². The monoisotopic (exact) mass is 215 g/mol. The Labute approximate surface area is 86.6 Å². The van der Waals surface area contributed by atoms with Crippen molar-refractivity contribution in [2.75, 3.05) is 0 Å². The van der Waals surface area contributed by atoms with Gasteiger partial charge in [0.05, 0.1) is 11.7 Å². The lowest BCUT2D eigenvalue weighted by molar-refractivity contribution is -0.603. The SMILES string of the molecule is CC(C)OC(=O)c1cc[n+]([O-])c(Cl)c1. The van der Waals surface area contributed by atoms with Gasteiger partial charge in [0, 0.05) is 12.1 Å². The van der Waals surface area contributed by atoms with Crippen LogP contribution in [0.5, 0.6) is 0 Å². The van der Waals surface area contributed by atoms with E-state index in [1.165, 1.54) is 18.3 Å². The summed E-state index contributed by atoms with van der Waals surface area (Å²) < 4.78 is 5.39. The molecule has 1 heterocycles. The molecule has 0 N–H and O–H groups in total. The largest absolute Gasteiger partial charge is 0.618 e. The average Bonchev–Trinajstić information content (AvgIpc) is 2.08. The quantitative estimate of drug-likeness (QED) is 0.326. The second-order valence-corrected chi connectivity index (χ2v) is 3.41. The van der Waals surface area contributed by atoms with Crippen LogP contribution >= 0.6 is 11.6 Å². The number of aromatic nitrogens is 1. The number of hydrogen-bond acceptors (Lipinski definition) is 3. The van der Waals surface area contributed by atoms with Gasteiger partial charge in [-0.3, -0.25) is 0 Å². The van der Waals surface area contributed by atoms with Gasteiger partial charge < -0.3 is 9.94 Å². The number of halogens is 1. The van der Waals surface area contributed by atoms with Crippen molar-refractivity contribution < 1.29 is 14.3 Å². The first-order valence-corrected chi connectivity index (χ1v) is 4.48. The molecule has 1 aromatic heterocycles. The number of hydrogen-bond donors (Lipinski definition) is 0. The predicted molar refractivity (Wildman–Crippen MR) is 51.0 cm³/mol. The number of pyridine rings is 1. The molecular weight excluding hydrogens is 206 g/mol. The fourth-order valence-electron chi connectivity index (χ4n) is 0.868. The summed E-state index contributed by atoms with van der Waals surface area (Å²) in [5.74, 6) is -0.484. The van der Waals surface area contributed by atoms with Crippen LogP contribution in [0.2, 0.25) is 5.15 Å². The van der Waals surface area contributed by atoms with Crippen LogP contribution in [-0.4, -0.2) is 12.1 Å². The molecule has 4 nitrogen and oxygen atoms in total. The normalized spacial score (nSPS) is 10.3. The average molecular weight is 216 g/mol. The van der Waals surface area contributed by atoms with Crippen molar-refractivity contribution in [3.05, 3.63) is 34.3 Å². The maximum absolute atomic E-state index is 11.3. The first-order chi connectivity index (χ1) is 6.50. The van der Waals surface area contributed by atoms with Crippen molar-refractivity contribution in [2.24, 2.45) is 0 Å². The first kappa shape index (κ1) is 10.8. The Morgan fingerprint density at radius 1 is 1.64 bits per heavy atom. The molecule has 0 amide bonds. The predicted octanol–water partition coefficient (Wildman–Crippen LogP) is 1.54. The van der Waals surface area contributed by atoms with Crippen molar-refractivity contribution in [3.63, 3.8) is 0 Å². The highest BCUT2D eigenvalue weighted by atomic mass is 35.5. The lowest BCUT2D eigenvalue weighted by Gasteiger charge is -2.07. The van der Waals surface area contributed by atoms with Crippen molar-refractivity contribution in [1.29, 1.82) is 0 Å². The van der Waals surface area contributed by atoms with Gasteiger partial charge in [-0.25, -0.2) is 4.79 Å². The molecule has 0 aliphatic rings. The maximum Gasteiger partial charge on any atom is 0.338 e. The molecule has 0 aromatic carbocycles. The number of nitrogens with zero attached hydrogens (tertiary/aromatic N) is 1. The zero-order valence-corrected chi connectivity index (χ0v) is 8.62. The van der Waals surface area contributed by atoms with Gasteiger partial charge in [0.15, 0.2) is 6.20 Å². The van der Waals surface area contributed by atoms with E-state index in [1.54, 1.807) is 13.8 Å². The second kappa shape index (κ2) is 4.28. The molecule has 0 atom stereocenters. The Balaban J connectivity index is 2.86. The zero-order valence-electron chi connectivity index (χ0n) is 7.86. The van der Waals surface area contributed by atoms with Crippen LogP contribution in [0.4, 0.5) is 0 Å². The van der Waals surface area contributed by atoms with Gasteiger partial charge >= 0.3 is 5.97 Å². The fourth-order valence-corrected chi connectivity index (χ4v) is 1.04. The van der Waals surface area contributed by atoms with E-state index >= 15 is 0 Å². The number of carbonyl (C=O) groups excluding carboxylic acids is 1. The fraction of sp³-hybridized carbons (Fsp3) is 0.333. The molecule has 0 saturated carbocycles. The van der Waals surface area contributed by atoms with E-state index in [2.05, 4.69) is 0 Å². The van der Waals surface area contributed by atoms with Gasteiger partial charge in [-0.15, -0.1) is 0 Å². The molecule has 14 heavy (non-hydrogen) atoms. The Morgan fingerprint density at radius 3 is 2.79 bits per heavy atom. The van der Waals surface area contributed by atoms with E-state index in [1.807, 2.05) is 0 Å². The Bertz CT molecular complexity index is 352. The van der Waals surface area contributed by atoms with Gasteiger partial charge in [-0.2, -0.15) is 4.73 Å². The second-order valence-electron chi connectivity index (χ2n) is 3.02. The molecule has 1 rings (SSSR count). The number of ether oxygens (including phenoxy) is 1. The third kappa shape index (κ3) is 2.60. The first-order valence-electron chi connectivity index (χ1n) is 4.10. The zero-order chi connectivity index (χ0) is 10.7. The molecule has 0 saturated heterocycles. The van der Waals surface area contributed by atoms with E-state index in [0.29, 0.717) is 4.73 Å². The summed E-state index contributed by atoms with van der Waals surface area (Å²) in [7, 11) is 0. The Morgan fingerprint density at radius 2 is 2.29 bits per heavy atom. The molecule has 0 bridgehead atoms. The maximum atomic E-state index is 11.3. The third-order valence-corrected chi connectivity index (χ3v) is 1.73. The van der Waals surface area contributed by atoms with Crippen LogP contribution < -0.4 is 4.73 Å². The van der Waals surface area contributed by atoms with Gasteiger partial charge in [-0.05, 0) is 25.4 Å². The topological polar surface area (TPSA) is 53.2 Å². The summed E-state index contributed by atoms with van der Waals surface area (Å²) in [5, 5.41) is 10.8. The van der Waals surface area contributed by atoms with Gasteiger partial charge in [0.1, 0.15) is 0 Å². The van der Waals surface area contributed by atoms with Crippen LogP contribution in [-0.2, 0) is 4.74 Å². The van der Waals surface area contributed by atoms with E-state index in [0.717, 1.165) is 0 Å². The van der Waals surface area contributed by atoms with Gasteiger partial charge in [0.25, 0.3) is 5.15 Å². The van der Waals surface area contributed by atoms with E-state index in [9.17, 15) is 10.0 Å². The number of esters is 1. The van der Waals surface area contributed by atoms with E-state index in [-0.39, 0.29) is 16.8 Å². The molecule has 0 aliphatic carbocycles. The molecule has 76 valence electrons. The Kier molecular flexibility index (Phi) is 3.30. The summed E-state index contributed by atoms with van der Waals surface area (Å²) in [6.07, 6.45) is 0.972. The highest BCUT2D eigenvalue weighted by Crippen LogP contribution is 2.07. The summed E-state index contributed by atoms with van der Waals surface area (Å²) in [4.78, 5) is 11.3. The summed E-state index contributed by atoms with van der Waals surface area (Å²) >= 11 is 5.54. The summed E-state index contributed by atoms with van der Waals surface area (Å²) in [5.41, 5.74) is 0.274. The molecule has 1 aromatic rings. The van der Waals surface area contributed by atoms with Crippen LogP contribution in [0.15, 0.2) is 18.3 Å². The standard InChI is InChI=1S/C9H10ClNO3/c1-6(2)14-9(12)7-3-4-11(13)8(10)5-7/h3-6H,1-2H3. The lowest BCUT2D eigenvalue weighted by Crippen LogP contribution is -2.27. The van der Waals surface area contributed by atoms with Gasteiger partial charge in [-0.1, -0.05) is 0 Å². The minimum Gasteiger partial charge on any atom is -0.618 e. The molecular formula is C9H10ClNO3. The van der Waals surface area contributed by atoms with Crippen molar-refractivity contribution in [1.82, 2.24) is 0 Å². The molecule has 5 heteroatoms. The highest BCUT2D eigenvalue weighted by Gasteiger charge is 2.12. The van der Waals surface area contributed by atoms with E-state index in [4.69, 9.17) is 16.3 Å². The van der Waals surface area contributed by atoms with Crippen LogP contribution in [0, 0.1) is 5.21 Å². The molecule has 0 spiro atoms. The minimum atomic E-state index is -0.484. The Hall–Kier alpha value is -1.29. The van der Waals surface area contributed by atoms with Crippen LogP contribution in [0.3, 0.4) is 0 Å². The van der Waals surface area contributed by atoms with Crippen molar-refractivity contribution in [2.45, 2.75) is 20.0 Å². The molecule has 0 unspecified atom stereocenters. The molecule has 0 fully saturated rings. The van der Waals surface area contributed by atoms with Crippen LogP contribution in [0.1, 0.15) is 24.2 Å². The smallest absolute Gasteiger partial charge is 0.338 e. The summed E-state index contributed by atoms with van der Waals surface area (Å²) in [6, 6.07) is 2.64. The highest BCUT2D eigenvalue weighted by molar-refractivity contribution is 6.28. The number of rotatable bonds is 2. The molecule has 0 radical (unpaired) electrons. The summed E-state index contributed by atoms with van der Waals surface area (Å²) in [6.45, 7) is 3.49. The van der Waals surface area contributed by atoms with Crippen molar-refractivity contribution in [3.8, 4) is 0 Å².